The standard InChI is InChI=1S/C11H17ClN2O/c1-10(2,11(3,4)15)14-8-5-6-13-9(12)7-8/h5-7,15H,1-4H3,(H,13,14). The predicted molar refractivity (Wildman–Crippen MR) is 63.2 cm³/mol. The summed E-state index contributed by atoms with van der Waals surface area (Å²) in [6, 6.07) is 3.55. The maximum absolute atomic E-state index is 9.96. The molecule has 84 valence electrons. The van der Waals surface area contributed by atoms with Gasteiger partial charge in [0, 0.05) is 11.9 Å². The van der Waals surface area contributed by atoms with Gasteiger partial charge in [-0.25, -0.2) is 4.98 Å². The highest BCUT2D eigenvalue weighted by molar-refractivity contribution is 6.29. The van der Waals surface area contributed by atoms with Crippen LogP contribution in [0.25, 0.3) is 0 Å². The zero-order chi connectivity index (χ0) is 11.7. The lowest BCUT2D eigenvalue weighted by Gasteiger charge is -2.38. The molecule has 0 spiro atoms. The van der Waals surface area contributed by atoms with Crippen molar-refractivity contribution in [1.82, 2.24) is 4.98 Å². The van der Waals surface area contributed by atoms with Gasteiger partial charge in [0.1, 0.15) is 5.15 Å². The molecule has 0 aromatic carbocycles. The quantitative estimate of drug-likeness (QED) is 0.782. The molecule has 1 rings (SSSR count). The highest BCUT2D eigenvalue weighted by atomic mass is 35.5. The van der Waals surface area contributed by atoms with E-state index >= 15 is 0 Å². The van der Waals surface area contributed by atoms with Crippen molar-refractivity contribution in [2.75, 3.05) is 5.32 Å². The average molecular weight is 229 g/mol. The summed E-state index contributed by atoms with van der Waals surface area (Å²) in [6.07, 6.45) is 1.63. The normalized spacial score (nSPS) is 12.7. The molecule has 0 amide bonds. The van der Waals surface area contributed by atoms with E-state index in [1.54, 1.807) is 26.1 Å². The first kappa shape index (κ1) is 12.3. The van der Waals surface area contributed by atoms with E-state index < -0.39 is 11.1 Å². The van der Waals surface area contributed by atoms with Gasteiger partial charge in [0.05, 0.1) is 11.1 Å². The Kier molecular flexibility index (Phi) is 3.26. The third-order valence-electron chi connectivity index (χ3n) is 2.71. The van der Waals surface area contributed by atoms with E-state index in [-0.39, 0.29) is 0 Å². The van der Waals surface area contributed by atoms with Crippen molar-refractivity contribution in [3.05, 3.63) is 23.5 Å². The summed E-state index contributed by atoms with van der Waals surface area (Å²) in [4.78, 5) is 3.89. The summed E-state index contributed by atoms with van der Waals surface area (Å²) in [7, 11) is 0. The molecule has 0 radical (unpaired) electrons. The lowest BCUT2D eigenvalue weighted by Crippen LogP contribution is -2.51. The number of rotatable bonds is 3. The third kappa shape index (κ3) is 3.08. The van der Waals surface area contributed by atoms with Gasteiger partial charge in [0.15, 0.2) is 0 Å². The highest BCUT2D eigenvalue weighted by Crippen LogP contribution is 2.26. The SMILES string of the molecule is CC(C)(O)C(C)(C)Nc1ccnc(Cl)c1. The summed E-state index contributed by atoms with van der Waals surface area (Å²) in [5, 5.41) is 13.6. The molecule has 1 aromatic rings. The second kappa shape index (κ2) is 3.99. The number of aromatic nitrogens is 1. The van der Waals surface area contributed by atoms with E-state index in [0.717, 1.165) is 5.69 Å². The number of anilines is 1. The van der Waals surface area contributed by atoms with Crippen LogP contribution in [0.4, 0.5) is 5.69 Å². The van der Waals surface area contributed by atoms with Gasteiger partial charge in [-0.2, -0.15) is 0 Å². The predicted octanol–water partition coefficient (Wildman–Crippen LogP) is 2.70. The van der Waals surface area contributed by atoms with Crippen molar-refractivity contribution < 1.29 is 5.11 Å². The average Bonchev–Trinajstić information content (AvgIpc) is 2.00. The van der Waals surface area contributed by atoms with Gasteiger partial charge in [-0.3, -0.25) is 0 Å². The molecule has 1 heterocycles. The second-order valence-electron chi connectivity index (χ2n) is 4.68. The first-order chi connectivity index (χ1) is 6.72. The minimum Gasteiger partial charge on any atom is -0.388 e. The number of halogens is 1. The molecule has 0 saturated heterocycles. The minimum atomic E-state index is -0.831. The molecule has 0 atom stereocenters. The summed E-state index contributed by atoms with van der Waals surface area (Å²) in [5.74, 6) is 0. The largest absolute Gasteiger partial charge is 0.388 e. The van der Waals surface area contributed by atoms with Gasteiger partial charge < -0.3 is 10.4 Å². The number of aliphatic hydroxyl groups is 1. The molecule has 0 saturated carbocycles. The second-order valence-corrected chi connectivity index (χ2v) is 5.06. The van der Waals surface area contributed by atoms with Gasteiger partial charge in [-0.05, 0) is 39.8 Å². The van der Waals surface area contributed by atoms with Crippen molar-refractivity contribution in [2.45, 2.75) is 38.8 Å². The first-order valence-corrected chi connectivity index (χ1v) is 5.22. The maximum atomic E-state index is 9.96. The monoisotopic (exact) mass is 228 g/mol. The fourth-order valence-corrected chi connectivity index (χ4v) is 1.17. The molecular formula is C11H17ClN2O. The molecule has 0 fully saturated rings. The molecular weight excluding hydrogens is 212 g/mol. The van der Waals surface area contributed by atoms with Gasteiger partial charge >= 0.3 is 0 Å². The van der Waals surface area contributed by atoms with Crippen molar-refractivity contribution >= 4 is 17.3 Å². The Morgan fingerprint density at radius 2 is 1.93 bits per heavy atom. The van der Waals surface area contributed by atoms with Gasteiger partial charge in [0.2, 0.25) is 0 Å². The van der Waals surface area contributed by atoms with Crippen LogP contribution in [0, 0.1) is 0 Å². The van der Waals surface area contributed by atoms with Gasteiger partial charge in [-0.15, -0.1) is 0 Å². The fourth-order valence-electron chi connectivity index (χ4n) is 0.994. The molecule has 15 heavy (non-hydrogen) atoms. The third-order valence-corrected chi connectivity index (χ3v) is 2.92. The Hall–Kier alpha value is -0.800. The Morgan fingerprint density at radius 3 is 2.40 bits per heavy atom. The van der Waals surface area contributed by atoms with E-state index in [4.69, 9.17) is 11.6 Å². The topological polar surface area (TPSA) is 45.1 Å². The van der Waals surface area contributed by atoms with Crippen molar-refractivity contribution in [1.29, 1.82) is 0 Å². The highest BCUT2D eigenvalue weighted by Gasteiger charge is 2.34. The summed E-state index contributed by atoms with van der Waals surface area (Å²) in [6.45, 7) is 7.40. The zero-order valence-corrected chi connectivity index (χ0v) is 10.3. The van der Waals surface area contributed by atoms with Crippen LogP contribution in [0.2, 0.25) is 5.15 Å². The molecule has 0 bridgehead atoms. The van der Waals surface area contributed by atoms with E-state index in [1.807, 2.05) is 19.9 Å². The summed E-state index contributed by atoms with van der Waals surface area (Å²) in [5.41, 5.74) is -0.428. The van der Waals surface area contributed by atoms with Crippen LogP contribution in [0.5, 0.6) is 0 Å². The number of hydrogen-bond donors (Lipinski definition) is 2. The minimum absolute atomic E-state index is 0.437. The molecule has 0 aliphatic rings. The molecule has 2 N–H and O–H groups in total. The molecule has 0 aliphatic heterocycles. The Bertz CT molecular complexity index is 345. The van der Waals surface area contributed by atoms with Crippen molar-refractivity contribution in [2.24, 2.45) is 0 Å². The Balaban J connectivity index is 2.87. The fraction of sp³-hybridized carbons (Fsp3) is 0.545. The van der Waals surface area contributed by atoms with Crippen LogP contribution in [-0.4, -0.2) is 21.2 Å². The summed E-state index contributed by atoms with van der Waals surface area (Å²) < 4.78 is 0. The number of pyridine rings is 1. The van der Waals surface area contributed by atoms with Crippen LogP contribution in [0.3, 0.4) is 0 Å². The van der Waals surface area contributed by atoms with Crippen LogP contribution >= 0.6 is 11.6 Å². The summed E-state index contributed by atoms with van der Waals surface area (Å²) >= 11 is 5.77. The number of hydrogen-bond acceptors (Lipinski definition) is 3. The maximum Gasteiger partial charge on any atom is 0.131 e. The molecule has 0 aliphatic carbocycles. The molecule has 3 nitrogen and oxygen atoms in total. The number of nitrogens with one attached hydrogen (secondary N) is 1. The van der Waals surface area contributed by atoms with Crippen molar-refractivity contribution in [3.8, 4) is 0 Å². The van der Waals surface area contributed by atoms with E-state index in [1.165, 1.54) is 0 Å². The lowest BCUT2D eigenvalue weighted by molar-refractivity contribution is 0.0240. The van der Waals surface area contributed by atoms with E-state index in [9.17, 15) is 5.11 Å². The Labute approximate surface area is 95.5 Å². The molecule has 1 aromatic heterocycles. The van der Waals surface area contributed by atoms with Gasteiger partial charge in [0.25, 0.3) is 0 Å². The van der Waals surface area contributed by atoms with Crippen LogP contribution in [0.1, 0.15) is 27.7 Å². The number of nitrogens with zero attached hydrogens (tertiary/aromatic N) is 1. The first-order valence-electron chi connectivity index (χ1n) is 4.84. The smallest absolute Gasteiger partial charge is 0.131 e. The zero-order valence-electron chi connectivity index (χ0n) is 9.50. The lowest BCUT2D eigenvalue weighted by atomic mass is 9.86. The van der Waals surface area contributed by atoms with Crippen molar-refractivity contribution in [3.63, 3.8) is 0 Å². The van der Waals surface area contributed by atoms with Gasteiger partial charge in [-0.1, -0.05) is 11.6 Å². The van der Waals surface area contributed by atoms with Crippen LogP contribution in [-0.2, 0) is 0 Å². The molecule has 0 unspecified atom stereocenters. The Morgan fingerprint density at radius 1 is 1.33 bits per heavy atom. The van der Waals surface area contributed by atoms with Crippen LogP contribution in [0.15, 0.2) is 18.3 Å². The molecule has 4 heteroatoms. The van der Waals surface area contributed by atoms with E-state index in [2.05, 4.69) is 10.3 Å². The van der Waals surface area contributed by atoms with E-state index in [0.29, 0.717) is 5.15 Å². The van der Waals surface area contributed by atoms with Crippen LogP contribution < -0.4 is 5.32 Å².